The predicted octanol–water partition coefficient (Wildman–Crippen LogP) is 3.43. The number of benzene rings is 2. The maximum absolute atomic E-state index is 13.0. The van der Waals surface area contributed by atoms with E-state index < -0.39 is 0 Å². The summed E-state index contributed by atoms with van der Waals surface area (Å²) < 4.78 is 23.1. The van der Waals surface area contributed by atoms with Gasteiger partial charge in [-0.2, -0.15) is 0 Å². The lowest BCUT2D eigenvalue weighted by molar-refractivity contribution is 0.0951. The molecule has 2 aromatic carbocycles. The van der Waals surface area contributed by atoms with Crippen molar-refractivity contribution in [2.45, 2.75) is 13.1 Å². The van der Waals surface area contributed by atoms with Crippen molar-refractivity contribution >= 4 is 17.4 Å². The molecule has 0 saturated carbocycles. The van der Waals surface area contributed by atoms with Crippen LogP contribution in [0.15, 0.2) is 60.9 Å². The van der Waals surface area contributed by atoms with Crippen molar-refractivity contribution in [1.82, 2.24) is 25.3 Å². The third kappa shape index (κ3) is 6.07. The van der Waals surface area contributed by atoms with E-state index >= 15 is 0 Å². The van der Waals surface area contributed by atoms with Crippen molar-refractivity contribution in [2.24, 2.45) is 0 Å². The number of pyridine rings is 1. The summed E-state index contributed by atoms with van der Waals surface area (Å²) >= 11 is 0. The van der Waals surface area contributed by atoms with Gasteiger partial charge in [0.2, 0.25) is 5.75 Å². The van der Waals surface area contributed by atoms with Gasteiger partial charge in [0.25, 0.3) is 5.91 Å². The average molecular weight is 505 g/mol. The third-order valence-corrected chi connectivity index (χ3v) is 5.50. The summed E-state index contributed by atoms with van der Waals surface area (Å²) in [7, 11) is 6.24. The molecule has 2 heterocycles. The zero-order valence-electron chi connectivity index (χ0n) is 21.0. The van der Waals surface area contributed by atoms with Crippen LogP contribution in [0.25, 0.3) is 0 Å². The fraction of sp³-hybridized carbons (Fsp3) is 0.231. The summed E-state index contributed by atoms with van der Waals surface area (Å²) in [4.78, 5) is 17.3. The van der Waals surface area contributed by atoms with Gasteiger partial charge in [0.15, 0.2) is 11.5 Å². The number of anilines is 2. The highest BCUT2D eigenvalue weighted by atomic mass is 16.5. The van der Waals surface area contributed by atoms with Gasteiger partial charge in [0, 0.05) is 24.0 Å². The highest BCUT2D eigenvalue weighted by Crippen LogP contribution is 2.40. The molecule has 0 bridgehead atoms. The summed E-state index contributed by atoms with van der Waals surface area (Å²) in [6.07, 6.45) is 3.39. The summed E-state index contributed by atoms with van der Waals surface area (Å²) in [6.45, 7) is 0.760. The molecular formula is C26H28N6O5. The van der Waals surface area contributed by atoms with Gasteiger partial charge < -0.3 is 29.6 Å². The van der Waals surface area contributed by atoms with Crippen molar-refractivity contribution in [3.63, 3.8) is 0 Å². The number of carbonyl (C=O) groups excluding carboxylic acids is 1. The molecule has 192 valence electrons. The molecule has 4 aromatic rings. The molecule has 0 unspecified atom stereocenters. The number of nitrogens with one attached hydrogen (secondary N) is 2. The Labute approximate surface area is 214 Å². The Hall–Kier alpha value is -4.80. The maximum atomic E-state index is 13.0. The minimum absolute atomic E-state index is 0.208. The van der Waals surface area contributed by atoms with Crippen LogP contribution in [-0.4, -0.2) is 54.3 Å². The molecule has 0 saturated heterocycles. The summed E-state index contributed by atoms with van der Waals surface area (Å²) in [5.41, 5.74) is 2.66. The molecule has 0 aliphatic carbocycles. The van der Waals surface area contributed by atoms with Crippen molar-refractivity contribution in [3.8, 4) is 23.0 Å². The molecule has 11 nitrogen and oxygen atoms in total. The molecule has 0 aliphatic rings. The number of aromatic nitrogens is 4. The fourth-order valence-corrected chi connectivity index (χ4v) is 3.66. The van der Waals surface area contributed by atoms with Crippen molar-refractivity contribution in [1.29, 1.82) is 0 Å². The van der Waals surface area contributed by atoms with Crippen LogP contribution in [0.3, 0.4) is 0 Å². The first-order valence-corrected chi connectivity index (χ1v) is 11.4. The highest BCUT2D eigenvalue weighted by molar-refractivity contribution is 5.99. The first-order valence-electron chi connectivity index (χ1n) is 11.4. The van der Waals surface area contributed by atoms with E-state index in [-0.39, 0.29) is 12.5 Å². The van der Waals surface area contributed by atoms with Gasteiger partial charge in [-0.05, 0) is 29.8 Å². The van der Waals surface area contributed by atoms with Crippen LogP contribution in [0.5, 0.6) is 23.0 Å². The maximum Gasteiger partial charge on any atom is 0.255 e. The van der Waals surface area contributed by atoms with E-state index in [1.165, 1.54) is 21.3 Å². The van der Waals surface area contributed by atoms with E-state index in [1.54, 1.807) is 48.5 Å². The Morgan fingerprint density at radius 1 is 0.946 bits per heavy atom. The van der Waals surface area contributed by atoms with Crippen molar-refractivity contribution < 1.29 is 23.7 Å². The second kappa shape index (κ2) is 11.8. The van der Waals surface area contributed by atoms with Gasteiger partial charge in [-0.15, -0.1) is 5.10 Å². The molecule has 0 aliphatic heterocycles. The molecule has 0 fully saturated rings. The van der Waals surface area contributed by atoms with Gasteiger partial charge in [0.05, 0.1) is 53.3 Å². The molecule has 1 amide bonds. The Balaban J connectivity index is 1.43. The van der Waals surface area contributed by atoms with Gasteiger partial charge in [-0.25, -0.2) is 9.67 Å². The number of hydrogen-bond acceptors (Lipinski definition) is 9. The fourth-order valence-electron chi connectivity index (χ4n) is 3.66. The van der Waals surface area contributed by atoms with E-state index in [0.29, 0.717) is 46.6 Å². The van der Waals surface area contributed by atoms with Crippen molar-refractivity contribution in [2.75, 3.05) is 33.8 Å². The molecule has 4 rings (SSSR count). The van der Waals surface area contributed by atoms with Gasteiger partial charge in [0.1, 0.15) is 17.3 Å². The van der Waals surface area contributed by atoms with Crippen LogP contribution in [0.1, 0.15) is 21.6 Å². The smallest absolute Gasteiger partial charge is 0.255 e. The Morgan fingerprint density at radius 2 is 1.68 bits per heavy atom. The lowest BCUT2D eigenvalue weighted by atomic mass is 10.2. The molecule has 11 heteroatoms. The SMILES string of the molecule is COc1ccc(Cn2cc(CNC(=O)c3cccnc3Nc3cc(OC)c(OC)c(OC)c3)nn2)cc1. The number of nitrogens with zero attached hydrogens (tertiary/aromatic N) is 4. The minimum atomic E-state index is -0.312. The lowest BCUT2D eigenvalue weighted by Gasteiger charge is -2.16. The summed E-state index contributed by atoms with van der Waals surface area (Å²) in [6, 6.07) is 14.6. The third-order valence-electron chi connectivity index (χ3n) is 5.50. The molecule has 0 spiro atoms. The second-order valence-corrected chi connectivity index (χ2v) is 7.88. The van der Waals surface area contributed by atoms with Crippen LogP contribution in [0, 0.1) is 0 Å². The number of ether oxygens (including phenoxy) is 4. The van der Waals surface area contributed by atoms with Gasteiger partial charge >= 0.3 is 0 Å². The first-order chi connectivity index (χ1) is 18.0. The Bertz CT molecular complexity index is 1330. The zero-order valence-corrected chi connectivity index (χ0v) is 21.0. The van der Waals surface area contributed by atoms with Gasteiger partial charge in [-0.1, -0.05) is 17.3 Å². The van der Waals surface area contributed by atoms with Crippen molar-refractivity contribution in [3.05, 3.63) is 77.7 Å². The monoisotopic (exact) mass is 504 g/mol. The number of hydrogen-bond donors (Lipinski definition) is 2. The summed E-state index contributed by atoms with van der Waals surface area (Å²) in [5, 5.41) is 14.3. The standard InChI is InChI=1S/C26H28N6O5/c1-34-20-9-7-17(8-10-20)15-32-16-19(30-31-32)14-28-26(33)21-6-5-11-27-25(21)29-18-12-22(35-2)24(37-4)23(13-18)36-3/h5-13,16H,14-15H2,1-4H3,(H,27,29)(H,28,33). The average Bonchev–Trinajstić information content (AvgIpc) is 3.39. The van der Waals surface area contributed by atoms with Crippen LogP contribution in [0.4, 0.5) is 11.5 Å². The van der Waals surface area contributed by atoms with E-state index in [1.807, 2.05) is 24.3 Å². The molecule has 0 radical (unpaired) electrons. The highest BCUT2D eigenvalue weighted by Gasteiger charge is 2.17. The van der Waals surface area contributed by atoms with Crippen LogP contribution in [-0.2, 0) is 13.1 Å². The van der Waals surface area contributed by atoms with E-state index in [0.717, 1.165) is 11.3 Å². The van der Waals surface area contributed by atoms with E-state index in [4.69, 9.17) is 18.9 Å². The molecule has 2 aromatic heterocycles. The van der Waals surface area contributed by atoms with E-state index in [2.05, 4.69) is 25.9 Å². The van der Waals surface area contributed by atoms with Crippen LogP contribution < -0.4 is 29.6 Å². The topological polar surface area (TPSA) is 122 Å². The normalized spacial score (nSPS) is 10.5. The molecular weight excluding hydrogens is 476 g/mol. The Morgan fingerprint density at radius 3 is 2.32 bits per heavy atom. The second-order valence-electron chi connectivity index (χ2n) is 7.88. The number of rotatable bonds is 11. The number of methoxy groups -OCH3 is 4. The molecule has 2 N–H and O–H groups in total. The molecule has 37 heavy (non-hydrogen) atoms. The first kappa shape index (κ1) is 25.3. The Kier molecular flexibility index (Phi) is 8.04. The summed E-state index contributed by atoms with van der Waals surface area (Å²) in [5.74, 6) is 2.27. The largest absolute Gasteiger partial charge is 0.497 e. The van der Waals surface area contributed by atoms with Gasteiger partial charge in [-0.3, -0.25) is 4.79 Å². The predicted molar refractivity (Wildman–Crippen MR) is 137 cm³/mol. The number of amides is 1. The number of carbonyl (C=O) groups is 1. The molecule has 0 atom stereocenters. The quantitative estimate of drug-likeness (QED) is 0.316. The zero-order chi connectivity index (χ0) is 26.2. The minimum Gasteiger partial charge on any atom is -0.497 e. The van der Waals surface area contributed by atoms with Crippen LogP contribution in [0.2, 0.25) is 0 Å². The lowest BCUT2D eigenvalue weighted by Crippen LogP contribution is -2.24. The van der Waals surface area contributed by atoms with E-state index in [9.17, 15) is 4.79 Å². The van der Waals surface area contributed by atoms with Crippen LogP contribution >= 0.6 is 0 Å².